The van der Waals surface area contributed by atoms with Gasteiger partial charge in [0.2, 0.25) is 5.91 Å². The van der Waals surface area contributed by atoms with Crippen molar-refractivity contribution in [1.82, 2.24) is 5.32 Å². The van der Waals surface area contributed by atoms with Crippen LogP contribution in [0.1, 0.15) is 41.9 Å². The summed E-state index contributed by atoms with van der Waals surface area (Å²) in [6.45, 7) is 3.09. The van der Waals surface area contributed by atoms with Crippen LogP contribution in [0.25, 0.3) is 0 Å². The number of ether oxygens (including phenoxy) is 1. The third-order valence-electron chi connectivity index (χ3n) is 5.11. The highest BCUT2D eigenvalue weighted by Crippen LogP contribution is 2.27. The summed E-state index contributed by atoms with van der Waals surface area (Å²) in [5.41, 5.74) is 3.52. The number of hydrogen-bond acceptors (Lipinski definition) is 2. The highest BCUT2D eigenvalue weighted by molar-refractivity contribution is 6.31. The lowest BCUT2D eigenvalue weighted by molar-refractivity contribution is -0.121. The van der Waals surface area contributed by atoms with Crippen LogP contribution < -0.4 is 10.1 Å². The molecule has 0 aliphatic rings. The van der Waals surface area contributed by atoms with Gasteiger partial charge in [-0.15, -0.1) is 0 Å². The predicted octanol–water partition coefficient (Wildman–Crippen LogP) is 6.15. The molecule has 0 saturated carbocycles. The molecule has 1 N–H and O–H groups in total. The number of hydrogen-bond donors (Lipinski definition) is 1. The van der Waals surface area contributed by atoms with Crippen LogP contribution in [0.5, 0.6) is 5.75 Å². The van der Waals surface area contributed by atoms with Crippen molar-refractivity contribution in [1.29, 1.82) is 0 Å². The standard InChI is InChI=1S/C26H28ClNO2/c1-20-19-23(14-15-25(20)27)30-18-8-13-26(29)28-17-16-24(21-9-4-2-5-10-21)22-11-6-3-7-12-22/h2-7,9-12,14-15,19,24H,8,13,16-18H2,1H3,(H,28,29). The lowest BCUT2D eigenvalue weighted by atomic mass is 9.88. The van der Waals surface area contributed by atoms with Gasteiger partial charge in [-0.2, -0.15) is 0 Å². The molecule has 0 aromatic heterocycles. The first kappa shape index (κ1) is 21.9. The highest BCUT2D eigenvalue weighted by Gasteiger charge is 2.14. The quantitative estimate of drug-likeness (QED) is 0.399. The topological polar surface area (TPSA) is 38.3 Å². The second-order valence-electron chi connectivity index (χ2n) is 7.38. The van der Waals surface area contributed by atoms with E-state index in [1.54, 1.807) is 0 Å². The Balaban J connectivity index is 1.42. The molecule has 0 unspecified atom stereocenters. The van der Waals surface area contributed by atoms with Crippen LogP contribution in [0.15, 0.2) is 78.9 Å². The molecule has 0 heterocycles. The van der Waals surface area contributed by atoms with Crippen molar-refractivity contribution in [3.05, 3.63) is 101 Å². The predicted molar refractivity (Wildman–Crippen MR) is 123 cm³/mol. The summed E-state index contributed by atoms with van der Waals surface area (Å²) >= 11 is 6.02. The maximum Gasteiger partial charge on any atom is 0.220 e. The highest BCUT2D eigenvalue weighted by atomic mass is 35.5. The third kappa shape index (κ3) is 6.64. The molecule has 3 rings (SSSR count). The molecule has 3 nitrogen and oxygen atoms in total. The smallest absolute Gasteiger partial charge is 0.220 e. The van der Waals surface area contributed by atoms with E-state index in [4.69, 9.17) is 16.3 Å². The molecule has 4 heteroatoms. The largest absolute Gasteiger partial charge is 0.494 e. The zero-order valence-corrected chi connectivity index (χ0v) is 18.1. The summed E-state index contributed by atoms with van der Waals surface area (Å²) < 4.78 is 5.71. The fourth-order valence-electron chi connectivity index (χ4n) is 3.47. The van der Waals surface area contributed by atoms with Crippen molar-refractivity contribution in [3.8, 4) is 5.75 Å². The van der Waals surface area contributed by atoms with Crippen molar-refractivity contribution >= 4 is 17.5 Å². The van der Waals surface area contributed by atoms with Crippen molar-refractivity contribution in [3.63, 3.8) is 0 Å². The van der Waals surface area contributed by atoms with E-state index in [1.165, 1.54) is 11.1 Å². The minimum Gasteiger partial charge on any atom is -0.494 e. The van der Waals surface area contributed by atoms with Crippen molar-refractivity contribution in [2.24, 2.45) is 0 Å². The van der Waals surface area contributed by atoms with Gasteiger partial charge in [-0.05, 0) is 54.7 Å². The van der Waals surface area contributed by atoms with E-state index in [2.05, 4.69) is 53.8 Å². The minimum atomic E-state index is 0.0609. The molecule has 0 spiro atoms. The van der Waals surface area contributed by atoms with Gasteiger partial charge in [0, 0.05) is 23.9 Å². The number of rotatable bonds is 10. The van der Waals surface area contributed by atoms with Gasteiger partial charge >= 0.3 is 0 Å². The zero-order valence-electron chi connectivity index (χ0n) is 17.3. The molecule has 0 fully saturated rings. The van der Waals surface area contributed by atoms with Gasteiger partial charge in [0.25, 0.3) is 0 Å². The SMILES string of the molecule is Cc1cc(OCCCC(=O)NCCC(c2ccccc2)c2ccccc2)ccc1Cl. The van der Waals surface area contributed by atoms with E-state index < -0.39 is 0 Å². The first-order chi connectivity index (χ1) is 14.6. The maximum absolute atomic E-state index is 12.2. The zero-order chi connectivity index (χ0) is 21.2. The Kier molecular flexibility index (Phi) is 8.34. The lowest BCUT2D eigenvalue weighted by Crippen LogP contribution is -2.26. The summed E-state index contributed by atoms with van der Waals surface area (Å²) in [5.74, 6) is 1.11. The van der Waals surface area contributed by atoms with E-state index in [1.807, 2.05) is 37.3 Å². The maximum atomic E-state index is 12.2. The Morgan fingerprint density at radius 3 is 2.20 bits per heavy atom. The third-order valence-corrected chi connectivity index (χ3v) is 5.53. The van der Waals surface area contributed by atoms with Gasteiger partial charge in [0.15, 0.2) is 0 Å². The van der Waals surface area contributed by atoms with Crippen LogP contribution in [-0.4, -0.2) is 19.1 Å². The molecule has 3 aromatic rings. The fourth-order valence-corrected chi connectivity index (χ4v) is 3.59. The van der Waals surface area contributed by atoms with Crippen LogP contribution in [0, 0.1) is 6.92 Å². The van der Waals surface area contributed by atoms with Gasteiger partial charge in [-0.3, -0.25) is 4.79 Å². The molecule has 1 amide bonds. The van der Waals surface area contributed by atoms with E-state index in [0.717, 1.165) is 22.8 Å². The second-order valence-corrected chi connectivity index (χ2v) is 7.78. The van der Waals surface area contributed by atoms with E-state index in [9.17, 15) is 4.79 Å². The summed E-state index contributed by atoms with van der Waals surface area (Å²) in [7, 11) is 0. The number of amides is 1. The minimum absolute atomic E-state index is 0.0609. The summed E-state index contributed by atoms with van der Waals surface area (Å²) in [4.78, 5) is 12.2. The van der Waals surface area contributed by atoms with E-state index in [-0.39, 0.29) is 11.8 Å². The molecular formula is C26H28ClNO2. The summed E-state index contributed by atoms with van der Waals surface area (Å²) in [6, 6.07) is 26.5. The van der Waals surface area contributed by atoms with Crippen LogP contribution in [0.3, 0.4) is 0 Å². The van der Waals surface area contributed by atoms with Gasteiger partial charge in [-0.1, -0.05) is 72.3 Å². The molecule has 0 bridgehead atoms. The van der Waals surface area contributed by atoms with E-state index >= 15 is 0 Å². The molecule has 0 aliphatic carbocycles. The molecule has 0 aliphatic heterocycles. The average Bonchev–Trinajstić information content (AvgIpc) is 2.78. The second kappa shape index (κ2) is 11.4. The lowest BCUT2D eigenvalue weighted by Gasteiger charge is -2.18. The molecule has 30 heavy (non-hydrogen) atoms. The molecule has 0 radical (unpaired) electrons. The Morgan fingerprint density at radius 2 is 1.60 bits per heavy atom. The average molecular weight is 422 g/mol. The number of carbonyl (C=O) groups is 1. The molecule has 0 saturated heterocycles. The first-order valence-corrected chi connectivity index (χ1v) is 10.8. The first-order valence-electron chi connectivity index (χ1n) is 10.4. The Morgan fingerprint density at radius 1 is 0.967 bits per heavy atom. The van der Waals surface area contributed by atoms with Crippen LogP contribution >= 0.6 is 11.6 Å². The molecular weight excluding hydrogens is 394 g/mol. The Labute approximate surface area is 184 Å². The van der Waals surface area contributed by atoms with Crippen molar-refractivity contribution in [2.75, 3.05) is 13.2 Å². The van der Waals surface area contributed by atoms with Crippen molar-refractivity contribution < 1.29 is 9.53 Å². The van der Waals surface area contributed by atoms with Crippen LogP contribution in [0.4, 0.5) is 0 Å². The summed E-state index contributed by atoms with van der Waals surface area (Å²) in [5, 5.41) is 3.78. The molecule has 0 atom stereocenters. The van der Waals surface area contributed by atoms with Gasteiger partial charge in [-0.25, -0.2) is 0 Å². The monoisotopic (exact) mass is 421 g/mol. The van der Waals surface area contributed by atoms with Crippen LogP contribution in [-0.2, 0) is 4.79 Å². The molecule has 3 aromatic carbocycles. The normalized spacial score (nSPS) is 10.8. The van der Waals surface area contributed by atoms with Gasteiger partial charge in [0.05, 0.1) is 6.61 Å². The van der Waals surface area contributed by atoms with Gasteiger partial charge in [0.1, 0.15) is 5.75 Å². The number of aryl methyl sites for hydroxylation is 1. The fraction of sp³-hybridized carbons (Fsp3) is 0.269. The Hall–Kier alpha value is -2.78. The van der Waals surface area contributed by atoms with E-state index in [0.29, 0.717) is 26.0 Å². The van der Waals surface area contributed by atoms with Gasteiger partial charge < -0.3 is 10.1 Å². The van der Waals surface area contributed by atoms with Crippen LogP contribution in [0.2, 0.25) is 5.02 Å². The number of carbonyl (C=O) groups excluding carboxylic acids is 1. The number of halogens is 1. The van der Waals surface area contributed by atoms with Crippen molar-refractivity contribution in [2.45, 2.75) is 32.1 Å². The number of nitrogens with one attached hydrogen (secondary N) is 1. The molecule has 156 valence electrons. The summed E-state index contributed by atoms with van der Waals surface area (Å²) in [6.07, 6.45) is 1.99. The number of benzene rings is 3. The Bertz CT molecular complexity index is 889.